The lowest BCUT2D eigenvalue weighted by molar-refractivity contribution is -0.138. The number of ether oxygens (including phenoxy) is 1. The van der Waals surface area contributed by atoms with Crippen molar-refractivity contribution in [2.24, 2.45) is 5.92 Å². The highest BCUT2D eigenvalue weighted by Gasteiger charge is 2.45. The van der Waals surface area contributed by atoms with Crippen molar-refractivity contribution < 1.29 is 23.4 Å². The first-order valence-electron chi connectivity index (χ1n) is 4.96. The number of carbonyl (C=O) groups is 1. The number of benzene rings is 1. The molecular weight excluding hydrogens is 254 g/mol. The van der Waals surface area contributed by atoms with Crippen LogP contribution in [0.1, 0.15) is 17.9 Å². The van der Waals surface area contributed by atoms with E-state index in [1.165, 1.54) is 18.2 Å². The zero-order chi connectivity index (χ0) is 12.6. The molecule has 0 saturated heterocycles. The topological polar surface area (TPSA) is 46.5 Å². The van der Waals surface area contributed by atoms with Gasteiger partial charge in [-0.05, 0) is 30.2 Å². The van der Waals surface area contributed by atoms with Gasteiger partial charge < -0.3 is 9.84 Å². The van der Waals surface area contributed by atoms with Crippen LogP contribution < -0.4 is 4.74 Å². The summed E-state index contributed by atoms with van der Waals surface area (Å²) < 4.78 is 28.7. The van der Waals surface area contributed by atoms with Crippen molar-refractivity contribution in [3.8, 4) is 5.75 Å². The number of aliphatic carboxylic acids is 1. The SMILES string of the molecule is O=C(O)[C@H]1C[C@@H]1c1cc(Cl)ccc1OC(F)F. The van der Waals surface area contributed by atoms with E-state index in [4.69, 9.17) is 16.7 Å². The molecule has 2 atom stereocenters. The van der Waals surface area contributed by atoms with Crippen LogP contribution in [0.2, 0.25) is 5.02 Å². The van der Waals surface area contributed by atoms with Crippen LogP contribution in [0, 0.1) is 5.92 Å². The normalized spacial score (nSPS) is 22.6. The Morgan fingerprint density at radius 1 is 1.53 bits per heavy atom. The van der Waals surface area contributed by atoms with Crippen LogP contribution in [0.15, 0.2) is 18.2 Å². The molecule has 92 valence electrons. The maximum absolute atomic E-state index is 12.2. The predicted molar refractivity (Wildman–Crippen MR) is 56.6 cm³/mol. The molecule has 1 N–H and O–H groups in total. The summed E-state index contributed by atoms with van der Waals surface area (Å²) >= 11 is 5.76. The fourth-order valence-corrected chi connectivity index (χ4v) is 2.00. The summed E-state index contributed by atoms with van der Waals surface area (Å²) in [7, 11) is 0. The van der Waals surface area contributed by atoms with Gasteiger partial charge in [0.2, 0.25) is 0 Å². The van der Waals surface area contributed by atoms with Crippen LogP contribution in [-0.2, 0) is 4.79 Å². The molecule has 3 nitrogen and oxygen atoms in total. The lowest BCUT2D eigenvalue weighted by Crippen LogP contribution is -2.05. The Bertz CT molecular complexity index is 450. The smallest absolute Gasteiger partial charge is 0.387 e. The molecule has 0 amide bonds. The van der Waals surface area contributed by atoms with E-state index >= 15 is 0 Å². The molecule has 0 aliphatic heterocycles. The molecule has 0 heterocycles. The summed E-state index contributed by atoms with van der Waals surface area (Å²) in [6, 6.07) is 4.24. The van der Waals surface area contributed by atoms with E-state index < -0.39 is 18.5 Å². The largest absolute Gasteiger partial charge is 0.481 e. The minimum Gasteiger partial charge on any atom is -0.481 e. The van der Waals surface area contributed by atoms with Crippen molar-refractivity contribution >= 4 is 17.6 Å². The van der Waals surface area contributed by atoms with Gasteiger partial charge in [-0.1, -0.05) is 11.6 Å². The van der Waals surface area contributed by atoms with E-state index in [2.05, 4.69) is 4.74 Å². The van der Waals surface area contributed by atoms with Crippen molar-refractivity contribution in [3.63, 3.8) is 0 Å². The summed E-state index contributed by atoms with van der Waals surface area (Å²) in [6.45, 7) is -2.93. The number of carboxylic acid groups (broad SMARTS) is 1. The number of rotatable bonds is 4. The van der Waals surface area contributed by atoms with E-state index in [1.807, 2.05) is 0 Å². The zero-order valence-electron chi connectivity index (χ0n) is 8.57. The summed E-state index contributed by atoms with van der Waals surface area (Å²) in [6.07, 6.45) is 0.426. The van der Waals surface area contributed by atoms with Crippen LogP contribution in [0.3, 0.4) is 0 Å². The standard InChI is InChI=1S/C11H9ClF2O3/c12-5-1-2-9(17-11(13)14)7(3-5)6-4-8(6)10(15)16/h1-3,6,8,11H,4H2,(H,15,16)/t6-,8+/m1/s1. The van der Waals surface area contributed by atoms with Gasteiger partial charge in [0.15, 0.2) is 0 Å². The number of halogens is 3. The van der Waals surface area contributed by atoms with Gasteiger partial charge in [0, 0.05) is 10.9 Å². The molecule has 0 aromatic heterocycles. The highest BCUT2D eigenvalue weighted by molar-refractivity contribution is 6.30. The Hall–Kier alpha value is -1.36. The van der Waals surface area contributed by atoms with Gasteiger partial charge in [-0.25, -0.2) is 0 Å². The van der Waals surface area contributed by atoms with E-state index in [-0.39, 0.29) is 11.7 Å². The first-order valence-corrected chi connectivity index (χ1v) is 5.34. The van der Waals surface area contributed by atoms with Crippen LogP contribution in [0.4, 0.5) is 8.78 Å². The molecule has 0 unspecified atom stereocenters. The third kappa shape index (κ3) is 2.66. The molecule has 1 saturated carbocycles. The Morgan fingerprint density at radius 3 is 2.76 bits per heavy atom. The van der Waals surface area contributed by atoms with Crippen molar-refractivity contribution in [2.45, 2.75) is 19.0 Å². The van der Waals surface area contributed by atoms with Gasteiger partial charge >= 0.3 is 12.6 Å². The molecule has 0 bridgehead atoms. The molecular formula is C11H9ClF2O3. The van der Waals surface area contributed by atoms with Gasteiger partial charge in [-0.15, -0.1) is 0 Å². The quantitative estimate of drug-likeness (QED) is 0.907. The van der Waals surface area contributed by atoms with Gasteiger partial charge in [0.1, 0.15) is 5.75 Å². The van der Waals surface area contributed by atoms with Gasteiger partial charge in [0.25, 0.3) is 0 Å². The maximum Gasteiger partial charge on any atom is 0.387 e. The summed E-state index contributed by atoms with van der Waals surface area (Å²) in [5, 5.41) is 9.18. The van der Waals surface area contributed by atoms with Crippen LogP contribution in [-0.4, -0.2) is 17.7 Å². The average molecular weight is 263 g/mol. The second-order valence-corrected chi connectivity index (χ2v) is 4.28. The highest BCUT2D eigenvalue weighted by Crippen LogP contribution is 2.51. The molecule has 1 aromatic rings. The van der Waals surface area contributed by atoms with Gasteiger partial charge in [0.05, 0.1) is 5.92 Å². The summed E-state index contributed by atoms with van der Waals surface area (Å²) in [5.74, 6) is -1.76. The number of hydrogen-bond donors (Lipinski definition) is 1. The monoisotopic (exact) mass is 262 g/mol. The minimum absolute atomic E-state index is 0.00171. The van der Waals surface area contributed by atoms with Crippen LogP contribution >= 0.6 is 11.6 Å². The Morgan fingerprint density at radius 2 is 2.24 bits per heavy atom. The van der Waals surface area contributed by atoms with E-state index in [1.54, 1.807) is 0 Å². The third-order valence-corrected chi connectivity index (χ3v) is 2.93. The molecule has 17 heavy (non-hydrogen) atoms. The van der Waals surface area contributed by atoms with Gasteiger partial charge in [-0.2, -0.15) is 8.78 Å². The average Bonchev–Trinajstić information content (AvgIpc) is 2.99. The number of hydrogen-bond acceptors (Lipinski definition) is 2. The molecule has 1 fully saturated rings. The molecule has 0 spiro atoms. The maximum atomic E-state index is 12.2. The Labute approximate surface area is 101 Å². The second-order valence-electron chi connectivity index (χ2n) is 3.85. The predicted octanol–water partition coefficient (Wildman–Crippen LogP) is 3.13. The molecule has 0 radical (unpaired) electrons. The van der Waals surface area contributed by atoms with Crippen LogP contribution in [0.5, 0.6) is 5.75 Å². The Balaban J connectivity index is 2.26. The Kier molecular flexibility index (Phi) is 3.19. The molecule has 1 aliphatic rings. The minimum atomic E-state index is -2.93. The van der Waals surface area contributed by atoms with Crippen molar-refractivity contribution in [1.29, 1.82) is 0 Å². The van der Waals surface area contributed by atoms with Crippen molar-refractivity contribution in [2.75, 3.05) is 0 Å². The van der Waals surface area contributed by atoms with Gasteiger partial charge in [-0.3, -0.25) is 4.79 Å². The fraction of sp³-hybridized carbons (Fsp3) is 0.364. The molecule has 2 rings (SSSR count). The summed E-state index contributed by atoms with van der Waals surface area (Å²) in [4.78, 5) is 10.7. The van der Waals surface area contributed by atoms with E-state index in [0.717, 1.165) is 0 Å². The lowest BCUT2D eigenvalue weighted by Gasteiger charge is -2.10. The van der Waals surface area contributed by atoms with Crippen molar-refractivity contribution in [1.82, 2.24) is 0 Å². The molecule has 1 aliphatic carbocycles. The molecule has 1 aromatic carbocycles. The molecule has 6 heteroatoms. The lowest BCUT2D eigenvalue weighted by atomic mass is 10.1. The highest BCUT2D eigenvalue weighted by atomic mass is 35.5. The van der Waals surface area contributed by atoms with Crippen LogP contribution in [0.25, 0.3) is 0 Å². The first-order chi connectivity index (χ1) is 7.99. The van der Waals surface area contributed by atoms with E-state index in [9.17, 15) is 13.6 Å². The number of alkyl halides is 2. The van der Waals surface area contributed by atoms with E-state index in [0.29, 0.717) is 17.0 Å². The number of carboxylic acids is 1. The van der Waals surface area contributed by atoms with Crippen molar-refractivity contribution in [3.05, 3.63) is 28.8 Å². The zero-order valence-corrected chi connectivity index (χ0v) is 9.32. The fourth-order valence-electron chi connectivity index (χ4n) is 1.82. The first kappa shape index (κ1) is 12.1. The second kappa shape index (κ2) is 4.49. The third-order valence-electron chi connectivity index (χ3n) is 2.69. The summed E-state index contributed by atoms with van der Waals surface area (Å²) in [5.41, 5.74) is 0.435.